The highest BCUT2D eigenvalue weighted by molar-refractivity contribution is 7.91. The number of piperidine rings is 1. The number of sulfonamides is 1. The minimum absolute atomic E-state index is 0.0240. The zero-order valence-corrected chi connectivity index (χ0v) is 27.7. The van der Waals surface area contributed by atoms with Crippen LogP contribution < -0.4 is 8.92 Å². The van der Waals surface area contributed by atoms with E-state index in [0.29, 0.717) is 49.7 Å². The van der Waals surface area contributed by atoms with Gasteiger partial charge in [0.2, 0.25) is 10.0 Å². The minimum Gasteiger partial charge on any atom is -0.493 e. The molecule has 3 aliphatic rings. The van der Waals surface area contributed by atoms with E-state index in [1.165, 1.54) is 40.7 Å². The molecule has 0 bridgehead atoms. The van der Waals surface area contributed by atoms with E-state index in [2.05, 4.69) is 4.90 Å². The number of hydrogen-bond donors (Lipinski definition) is 0. The average Bonchev–Trinajstić information content (AvgIpc) is 3.68. The maximum Gasteiger partial charge on any atom is 0.340 e. The summed E-state index contributed by atoms with van der Waals surface area (Å²) in [6.07, 6.45) is 4.04. The second kappa shape index (κ2) is 13.7. The lowest BCUT2D eigenvalue weighted by molar-refractivity contribution is -0.0935. The van der Waals surface area contributed by atoms with Crippen molar-refractivity contribution in [2.75, 3.05) is 39.4 Å². The molecule has 12 nitrogen and oxygen atoms in total. The maximum atomic E-state index is 13.7. The van der Waals surface area contributed by atoms with Crippen LogP contribution in [0.1, 0.15) is 58.4 Å². The highest BCUT2D eigenvalue weighted by Gasteiger charge is 2.37. The number of ether oxygens (including phenoxy) is 1. The molecular formula is C33H37N3O9S2. The number of carbonyl (C=O) groups is 2. The third-order valence-electron chi connectivity index (χ3n) is 8.58. The Hall–Kier alpha value is -3.82. The molecule has 14 heteroatoms. The first kappa shape index (κ1) is 33.1. The van der Waals surface area contributed by atoms with Crippen molar-refractivity contribution in [3.63, 3.8) is 0 Å². The summed E-state index contributed by atoms with van der Waals surface area (Å²) in [5.74, 6) is -0.770. The number of hydrogen-bond acceptors (Lipinski definition) is 10. The van der Waals surface area contributed by atoms with Gasteiger partial charge in [-0.2, -0.15) is 12.7 Å². The second-order valence-corrected chi connectivity index (χ2v) is 15.3. The Morgan fingerprint density at radius 2 is 1.34 bits per heavy atom. The molecule has 2 amide bonds. The number of amides is 2. The van der Waals surface area contributed by atoms with Crippen LogP contribution in [0.3, 0.4) is 0 Å². The van der Waals surface area contributed by atoms with Crippen LogP contribution in [-0.4, -0.2) is 88.4 Å². The number of rotatable bonds is 12. The highest BCUT2D eigenvalue weighted by Crippen LogP contribution is 2.32. The summed E-state index contributed by atoms with van der Waals surface area (Å²) in [6, 6.07) is 16.9. The molecule has 0 radical (unpaired) electrons. The van der Waals surface area contributed by atoms with Gasteiger partial charge in [-0.25, -0.2) is 8.42 Å². The molecule has 0 spiro atoms. The number of fused-ring (bicyclic) bond motifs is 1. The topological polar surface area (TPSA) is 140 Å². The van der Waals surface area contributed by atoms with Crippen molar-refractivity contribution >= 4 is 32.0 Å². The molecular weight excluding hydrogens is 647 g/mol. The zero-order valence-electron chi connectivity index (χ0n) is 26.0. The largest absolute Gasteiger partial charge is 0.493 e. The monoisotopic (exact) mass is 683 g/mol. The first-order chi connectivity index (χ1) is 22.5. The van der Waals surface area contributed by atoms with Crippen LogP contribution in [0.2, 0.25) is 0 Å². The van der Waals surface area contributed by atoms with Crippen LogP contribution in [0, 0.1) is 6.92 Å². The van der Waals surface area contributed by atoms with Crippen LogP contribution >= 0.6 is 0 Å². The van der Waals surface area contributed by atoms with E-state index in [4.69, 9.17) is 13.8 Å². The molecule has 0 N–H and O–H groups in total. The fourth-order valence-electron chi connectivity index (χ4n) is 6.27. The standard InChI is InChI=1S/C33H37N3O9S2/c1-24-21-26(43-19-8-20-44-36-32(37)28-9-2-3-10-29(28)33(36)38)23-27(22-24)45-47(41,42)31-12-5-4-11-30(31)46(39,40)35-17-13-25(14-18-35)34-15-6-7-16-34/h2-5,9-12,21-23,25H,6-8,13-20H2,1H3. The van der Waals surface area contributed by atoms with Gasteiger partial charge in [0.1, 0.15) is 21.3 Å². The van der Waals surface area contributed by atoms with Crippen LogP contribution in [0.25, 0.3) is 0 Å². The zero-order chi connectivity index (χ0) is 33.2. The maximum absolute atomic E-state index is 13.7. The fourth-order valence-corrected chi connectivity index (χ4v) is 9.43. The average molecular weight is 684 g/mol. The lowest BCUT2D eigenvalue weighted by Crippen LogP contribution is -2.46. The molecule has 0 aromatic heterocycles. The molecule has 3 aliphatic heterocycles. The molecule has 0 aliphatic carbocycles. The number of carbonyl (C=O) groups excluding carboxylic acids is 2. The van der Waals surface area contributed by atoms with Gasteiger partial charge in [0.25, 0.3) is 11.8 Å². The Morgan fingerprint density at radius 3 is 2.00 bits per heavy atom. The second-order valence-electron chi connectivity index (χ2n) is 11.8. The van der Waals surface area contributed by atoms with Gasteiger partial charge in [0.15, 0.2) is 0 Å². The molecule has 2 saturated heterocycles. The van der Waals surface area contributed by atoms with Crippen molar-refractivity contribution < 1.29 is 40.2 Å². The molecule has 47 heavy (non-hydrogen) atoms. The SMILES string of the molecule is Cc1cc(OCCCON2C(=O)c3ccccc3C2=O)cc(OS(=O)(=O)c2ccccc2S(=O)(=O)N2CCC(N3CCCC3)CC2)c1. The molecule has 3 aromatic rings. The number of aryl methyl sites for hydroxylation is 1. The van der Waals surface area contributed by atoms with Gasteiger partial charge in [-0.05, 0) is 87.7 Å². The number of nitrogens with zero attached hydrogens (tertiary/aromatic N) is 3. The van der Waals surface area contributed by atoms with Crippen molar-refractivity contribution in [2.24, 2.45) is 0 Å². The Bertz CT molecular complexity index is 1830. The summed E-state index contributed by atoms with van der Waals surface area (Å²) in [5.41, 5.74) is 1.22. The molecule has 2 fully saturated rings. The fraction of sp³-hybridized carbons (Fsp3) is 0.394. The van der Waals surface area contributed by atoms with Crippen molar-refractivity contribution in [3.8, 4) is 11.5 Å². The van der Waals surface area contributed by atoms with Gasteiger partial charge >= 0.3 is 10.1 Å². The summed E-state index contributed by atoms with van der Waals surface area (Å²) in [6.45, 7) is 4.61. The van der Waals surface area contributed by atoms with Gasteiger partial charge < -0.3 is 13.8 Å². The third kappa shape index (κ3) is 7.06. The van der Waals surface area contributed by atoms with Crippen molar-refractivity contribution in [2.45, 2.75) is 54.9 Å². The van der Waals surface area contributed by atoms with Crippen LogP contribution in [-0.2, 0) is 25.0 Å². The Morgan fingerprint density at radius 1 is 0.745 bits per heavy atom. The number of benzene rings is 3. The highest BCUT2D eigenvalue weighted by atomic mass is 32.2. The molecule has 3 heterocycles. The first-order valence-corrected chi connectivity index (χ1v) is 18.5. The summed E-state index contributed by atoms with van der Waals surface area (Å²) in [4.78, 5) is 32.0. The molecule has 250 valence electrons. The van der Waals surface area contributed by atoms with Gasteiger partial charge in [0, 0.05) is 31.6 Å². The van der Waals surface area contributed by atoms with E-state index in [-0.39, 0.29) is 35.0 Å². The summed E-state index contributed by atoms with van der Waals surface area (Å²) in [7, 11) is -8.66. The molecule has 3 aromatic carbocycles. The van der Waals surface area contributed by atoms with Gasteiger partial charge in [0.05, 0.1) is 24.3 Å². The minimum atomic E-state index is -4.55. The van der Waals surface area contributed by atoms with E-state index in [9.17, 15) is 26.4 Å². The summed E-state index contributed by atoms with van der Waals surface area (Å²) >= 11 is 0. The van der Waals surface area contributed by atoms with Crippen molar-refractivity contribution in [3.05, 3.63) is 83.4 Å². The normalized spacial score (nSPS) is 18.1. The van der Waals surface area contributed by atoms with E-state index in [0.717, 1.165) is 31.0 Å². The van der Waals surface area contributed by atoms with E-state index in [1.54, 1.807) is 37.3 Å². The van der Waals surface area contributed by atoms with E-state index >= 15 is 0 Å². The molecule has 0 unspecified atom stereocenters. The quantitative estimate of drug-likeness (QED) is 0.156. The Kier molecular flexibility index (Phi) is 9.67. The van der Waals surface area contributed by atoms with E-state index in [1.807, 2.05) is 0 Å². The lowest BCUT2D eigenvalue weighted by atomic mass is 10.1. The van der Waals surface area contributed by atoms with Crippen LogP contribution in [0.4, 0.5) is 0 Å². The predicted octanol–water partition coefficient (Wildman–Crippen LogP) is 4.01. The Labute approximate surface area is 274 Å². The number of hydroxylamine groups is 2. The predicted molar refractivity (Wildman–Crippen MR) is 171 cm³/mol. The van der Waals surface area contributed by atoms with Crippen molar-refractivity contribution in [1.82, 2.24) is 14.3 Å². The molecule has 0 atom stereocenters. The number of likely N-dealkylation sites (tertiary alicyclic amines) is 1. The first-order valence-electron chi connectivity index (χ1n) is 15.7. The lowest BCUT2D eigenvalue weighted by Gasteiger charge is -2.36. The van der Waals surface area contributed by atoms with Crippen LogP contribution in [0.5, 0.6) is 11.5 Å². The summed E-state index contributed by atoms with van der Waals surface area (Å²) in [5, 5.41) is 0.739. The third-order valence-corrected chi connectivity index (χ3v) is 12.0. The van der Waals surface area contributed by atoms with E-state index < -0.39 is 36.9 Å². The van der Waals surface area contributed by atoms with Gasteiger partial charge in [-0.15, -0.1) is 5.06 Å². The number of imide groups is 1. The van der Waals surface area contributed by atoms with Crippen LogP contribution in [0.15, 0.2) is 76.5 Å². The molecule has 0 saturated carbocycles. The van der Waals surface area contributed by atoms with Crippen molar-refractivity contribution in [1.29, 1.82) is 0 Å². The van der Waals surface area contributed by atoms with Gasteiger partial charge in [-0.3, -0.25) is 14.4 Å². The summed E-state index contributed by atoms with van der Waals surface area (Å²) < 4.78 is 67.1. The Balaban J connectivity index is 1.07. The smallest absolute Gasteiger partial charge is 0.340 e. The molecule has 6 rings (SSSR count). The van der Waals surface area contributed by atoms with Gasteiger partial charge in [-0.1, -0.05) is 24.3 Å².